The Morgan fingerprint density at radius 2 is 1.18 bits per heavy atom. The van der Waals surface area contributed by atoms with E-state index in [1.54, 1.807) is 37.3 Å². The Morgan fingerprint density at radius 3 is 1.36 bits per heavy atom. The highest BCUT2D eigenvalue weighted by Gasteiger charge is 1.59. The molecule has 0 amide bonds. The maximum atomic E-state index is 4.58. The number of furan rings is 1. The monoisotopic (exact) mass is 148 g/mol. The van der Waals surface area contributed by atoms with Crippen molar-refractivity contribution in [2.24, 2.45) is 0 Å². The fourth-order valence-corrected chi connectivity index (χ4v) is 0.480. The number of hydrogen-bond acceptors (Lipinski definition) is 3. The molecule has 0 saturated carbocycles. The lowest BCUT2D eigenvalue weighted by Gasteiger charge is -1.70. The second-order valence-corrected chi connectivity index (χ2v) is 1.69. The summed E-state index contributed by atoms with van der Waals surface area (Å²) in [5, 5.41) is 0. The molecule has 11 heavy (non-hydrogen) atoms. The van der Waals surface area contributed by atoms with Gasteiger partial charge in [0.25, 0.3) is 0 Å². The van der Waals surface area contributed by atoms with Crippen LogP contribution in [0.4, 0.5) is 0 Å². The molecule has 0 aliphatic rings. The summed E-state index contributed by atoms with van der Waals surface area (Å²) in [6, 6.07) is 3.67. The van der Waals surface area contributed by atoms with Gasteiger partial charge < -0.3 is 4.42 Å². The van der Waals surface area contributed by atoms with E-state index in [0.717, 1.165) is 0 Å². The van der Waals surface area contributed by atoms with Crippen molar-refractivity contribution in [1.82, 2.24) is 9.97 Å². The van der Waals surface area contributed by atoms with E-state index in [1.165, 1.54) is 0 Å². The minimum atomic E-state index is 1.62. The number of aromatic nitrogens is 2. The lowest BCUT2D eigenvalue weighted by molar-refractivity contribution is 0.567. The largest absolute Gasteiger partial charge is 0.473 e. The fraction of sp³-hybridized carbons (Fsp3) is 0. The van der Waals surface area contributed by atoms with Gasteiger partial charge in [0, 0.05) is 24.8 Å². The summed E-state index contributed by atoms with van der Waals surface area (Å²) in [6.45, 7) is 0. The average molecular weight is 148 g/mol. The molecule has 0 unspecified atom stereocenters. The van der Waals surface area contributed by atoms with Gasteiger partial charge in [-0.2, -0.15) is 0 Å². The third kappa shape index (κ3) is 3.86. The van der Waals surface area contributed by atoms with Crippen LogP contribution >= 0.6 is 0 Å². The van der Waals surface area contributed by atoms with Crippen LogP contribution in [0.1, 0.15) is 0 Å². The molecular weight excluding hydrogens is 140 g/mol. The molecule has 0 bridgehead atoms. The molecule has 2 rings (SSSR count). The summed E-state index contributed by atoms with van der Waals surface area (Å²) in [5.74, 6) is 0. The highest BCUT2D eigenvalue weighted by Crippen LogP contribution is 1.79. The first kappa shape index (κ1) is 7.47. The standard InChI is InChI=1S/C4H4N2.C4H4O/c1-2-6-4-3-5-1;1-2-4-5-3-1/h1-4H;1-4H. The normalized spacial score (nSPS) is 8.00. The molecule has 0 atom stereocenters. The average Bonchev–Trinajstić information content (AvgIpc) is 2.64. The van der Waals surface area contributed by atoms with E-state index < -0.39 is 0 Å². The van der Waals surface area contributed by atoms with Crippen molar-refractivity contribution in [3.8, 4) is 0 Å². The van der Waals surface area contributed by atoms with Gasteiger partial charge in [0.2, 0.25) is 0 Å². The topological polar surface area (TPSA) is 38.9 Å². The van der Waals surface area contributed by atoms with E-state index in [4.69, 9.17) is 0 Å². The smallest absolute Gasteiger partial charge is 0.0902 e. The second-order valence-electron chi connectivity index (χ2n) is 1.69. The van der Waals surface area contributed by atoms with Crippen LogP contribution in [0.25, 0.3) is 0 Å². The van der Waals surface area contributed by atoms with Gasteiger partial charge in [-0.3, -0.25) is 9.97 Å². The van der Waals surface area contributed by atoms with Gasteiger partial charge in [0.1, 0.15) is 0 Å². The molecule has 0 N–H and O–H groups in total. The van der Waals surface area contributed by atoms with Gasteiger partial charge >= 0.3 is 0 Å². The number of hydrogen-bond donors (Lipinski definition) is 0. The Labute approximate surface area is 64.7 Å². The summed E-state index contributed by atoms with van der Waals surface area (Å²) in [5.41, 5.74) is 0. The molecule has 0 fully saturated rings. The van der Waals surface area contributed by atoms with Gasteiger partial charge in [-0.15, -0.1) is 0 Å². The molecule has 0 radical (unpaired) electrons. The van der Waals surface area contributed by atoms with Crippen molar-refractivity contribution in [2.45, 2.75) is 0 Å². The van der Waals surface area contributed by atoms with E-state index in [1.807, 2.05) is 12.1 Å². The summed E-state index contributed by atoms with van der Waals surface area (Å²) < 4.78 is 4.58. The maximum absolute atomic E-state index is 4.58. The van der Waals surface area contributed by atoms with Crippen LogP contribution in [0, 0.1) is 0 Å². The summed E-state index contributed by atoms with van der Waals surface area (Å²) in [7, 11) is 0. The molecule has 2 aromatic rings. The molecule has 3 nitrogen and oxygen atoms in total. The Balaban J connectivity index is 0.000000112. The van der Waals surface area contributed by atoms with Crippen LogP contribution in [0.15, 0.2) is 53.9 Å². The zero-order valence-electron chi connectivity index (χ0n) is 5.92. The van der Waals surface area contributed by atoms with Gasteiger partial charge in [0.05, 0.1) is 12.5 Å². The summed E-state index contributed by atoms with van der Waals surface area (Å²) >= 11 is 0. The first-order valence-electron chi connectivity index (χ1n) is 3.17. The molecular formula is C8H8N2O. The molecule has 3 heteroatoms. The van der Waals surface area contributed by atoms with Crippen molar-refractivity contribution in [3.05, 3.63) is 49.4 Å². The zero-order chi connectivity index (χ0) is 7.78. The van der Waals surface area contributed by atoms with Crippen molar-refractivity contribution in [3.63, 3.8) is 0 Å². The van der Waals surface area contributed by atoms with E-state index in [-0.39, 0.29) is 0 Å². The van der Waals surface area contributed by atoms with Crippen molar-refractivity contribution in [2.75, 3.05) is 0 Å². The van der Waals surface area contributed by atoms with Crippen LogP contribution in [-0.4, -0.2) is 9.97 Å². The van der Waals surface area contributed by atoms with Gasteiger partial charge in [0.15, 0.2) is 0 Å². The Bertz CT molecular complexity index is 198. The van der Waals surface area contributed by atoms with E-state index >= 15 is 0 Å². The van der Waals surface area contributed by atoms with Crippen molar-refractivity contribution < 1.29 is 4.42 Å². The molecule has 0 aliphatic heterocycles. The first-order chi connectivity index (χ1) is 5.50. The third-order valence-electron chi connectivity index (χ3n) is 0.903. The predicted molar refractivity (Wildman–Crippen MR) is 40.7 cm³/mol. The van der Waals surface area contributed by atoms with Crippen LogP contribution in [-0.2, 0) is 0 Å². The molecule has 2 aromatic heterocycles. The van der Waals surface area contributed by atoms with Crippen LogP contribution in [0.5, 0.6) is 0 Å². The first-order valence-corrected chi connectivity index (χ1v) is 3.17. The van der Waals surface area contributed by atoms with Crippen molar-refractivity contribution in [1.29, 1.82) is 0 Å². The molecule has 56 valence electrons. The van der Waals surface area contributed by atoms with Crippen LogP contribution < -0.4 is 0 Å². The highest BCUT2D eigenvalue weighted by molar-refractivity contribution is 4.79. The second kappa shape index (κ2) is 5.17. The van der Waals surface area contributed by atoms with Gasteiger partial charge in [-0.1, -0.05) is 0 Å². The minimum absolute atomic E-state index is 1.62. The van der Waals surface area contributed by atoms with Crippen LogP contribution in [0.2, 0.25) is 0 Å². The lowest BCUT2D eigenvalue weighted by atomic mass is 10.7. The SMILES string of the molecule is c1ccoc1.c1cnccn1. The quantitative estimate of drug-likeness (QED) is 0.571. The summed E-state index contributed by atoms with van der Waals surface area (Å²) in [4.78, 5) is 7.44. The number of nitrogens with zero attached hydrogens (tertiary/aromatic N) is 2. The predicted octanol–water partition coefficient (Wildman–Crippen LogP) is 1.76. The minimum Gasteiger partial charge on any atom is -0.473 e. The molecule has 2 heterocycles. The number of rotatable bonds is 0. The maximum Gasteiger partial charge on any atom is 0.0902 e. The molecule has 0 aliphatic carbocycles. The Kier molecular flexibility index (Phi) is 3.51. The molecule has 0 spiro atoms. The third-order valence-corrected chi connectivity index (χ3v) is 0.903. The van der Waals surface area contributed by atoms with E-state index in [9.17, 15) is 0 Å². The Morgan fingerprint density at radius 1 is 0.727 bits per heavy atom. The van der Waals surface area contributed by atoms with Crippen molar-refractivity contribution >= 4 is 0 Å². The highest BCUT2D eigenvalue weighted by atomic mass is 16.3. The van der Waals surface area contributed by atoms with E-state index in [2.05, 4.69) is 14.4 Å². The van der Waals surface area contributed by atoms with Gasteiger partial charge in [-0.05, 0) is 12.1 Å². The van der Waals surface area contributed by atoms with Crippen LogP contribution in [0.3, 0.4) is 0 Å². The zero-order valence-corrected chi connectivity index (χ0v) is 5.92. The van der Waals surface area contributed by atoms with Gasteiger partial charge in [-0.25, -0.2) is 0 Å². The molecule has 0 aromatic carbocycles. The molecule has 0 saturated heterocycles. The Hall–Kier alpha value is -1.64. The van der Waals surface area contributed by atoms with E-state index in [0.29, 0.717) is 0 Å². The lowest BCUT2D eigenvalue weighted by Crippen LogP contribution is -1.66. The fourth-order valence-electron chi connectivity index (χ4n) is 0.480. The summed E-state index contributed by atoms with van der Waals surface area (Å²) in [6.07, 6.45) is 9.81.